The van der Waals surface area contributed by atoms with E-state index in [4.69, 9.17) is 9.47 Å². The predicted molar refractivity (Wildman–Crippen MR) is 161 cm³/mol. The highest BCUT2D eigenvalue weighted by Gasteiger charge is 2.36. The maximum absolute atomic E-state index is 6.33. The van der Waals surface area contributed by atoms with Crippen LogP contribution in [0.5, 0.6) is 0 Å². The van der Waals surface area contributed by atoms with Gasteiger partial charge in [-0.2, -0.15) is 0 Å². The van der Waals surface area contributed by atoms with Gasteiger partial charge < -0.3 is 14.9 Å². The van der Waals surface area contributed by atoms with Crippen LogP contribution in [-0.2, 0) is 9.47 Å². The largest absolute Gasteiger partial charge is 0.412 e. The summed E-state index contributed by atoms with van der Waals surface area (Å²) in [5.74, 6) is 4.29. The quantitative estimate of drug-likeness (QED) is 0.140. The summed E-state index contributed by atoms with van der Waals surface area (Å²) in [7, 11) is 0. The van der Waals surface area contributed by atoms with E-state index in [0.29, 0.717) is 12.2 Å². The number of hydrogen-bond acceptors (Lipinski definition) is 2. The molecule has 1 aliphatic carbocycles. The van der Waals surface area contributed by atoms with Gasteiger partial charge in [-0.15, -0.1) is 0 Å². The highest BCUT2D eigenvalue weighted by molar-refractivity contribution is 4.86. The Morgan fingerprint density at radius 1 is 0.703 bits per heavy atom. The number of fused-ring (bicyclic) bond motifs is 1. The lowest BCUT2D eigenvalue weighted by Gasteiger charge is -2.42. The standard InChI is InChI=1S/C34H66O2.H2O/c1-6-7-13-24-35-33-22-23-34-32(26-33)25-31(27-36-34)21-12-10-8-9-11-17-29(4)19-15-20-30(5)18-14-16-28(2)3;/h28-34H,6-27H2,1-5H3;1H2. The van der Waals surface area contributed by atoms with Gasteiger partial charge in [0.15, 0.2) is 0 Å². The van der Waals surface area contributed by atoms with Crippen molar-refractivity contribution in [2.75, 3.05) is 13.2 Å². The SMILES string of the molecule is CCCCCOC1CCC2OCC(CCCCCCCC(C)CCCC(C)CCCC(C)C)CC2C1.O. The average molecular weight is 525 g/mol. The lowest BCUT2D eigenvalue weighted by Crippen LogP contribution is -2.41. The normalized spacial score (nSPS) is 25.5. The Kier molecular flexibility index (Phi) is 20.4. The highest BCUT2D eigenvalue weighted by atomic mass is 16.5. The molecule has 6 atom stereocenters. The zero-order valence-electron chi connectivity index (χ0n) is 25.9. The summed E-state index contributed by atoms with van der Waals surface area (Å²) in [6, 6.07) is 0. The third kappa shape index (κ3) is 16.6. The predicted octanol–water partition coefficient (Wildman–Crippen LogP) is 9.94. The van der Waals surface area contributed by atoms with E-state index in [1.165, 1.54) is 128 Å². The lowest BCUT2D eigenvalue weighted by molar-refractivity contribution is -0.109. The van der Waals surface area contributed by atoms with Gasteiger partial charge in [-0.1, -0.05) is 125 Å². The van der Waals surface area contributed by atoms with E-state index in [1.54, 1.807) is 0 Å². The van der Waals surface area contributed by atoms with E-state index in [1.807, 2.05) is 0 Å². The summed E-state index contributed by atoms with van der Waals surface area (Å²) in [6.07, 6.45) is 28.6. The fourth-order valence-corrected chi connectivity index (χ4v) is 6.81. The molecule has 0 aromatic carbocycles. The molecule has 222 valence electrons. The number of ether oxygens (including phenoxy) is 2. The Bertz CT molecular complexity index is 507. The van der Waals surface area contributed by atoms with Crippen LogP contribution in [0.25, 0.3) is 0 Å². The van der Waals surface area contributed by atoms with Crippen LogP contribution in [-0.4, -0.2) is 30.9 Å². The van der Waals surface area contributed by atoms with Crippen LogP contribution >= 0.6 is 0 Å². The maximum Gasteiger partial charge on any atom is 0.0605 e. The molecule has 0 spiro atoms. The molecule has 3 heteroatoms. The van der Waals surface area contributed by atoms with Gasteiger partial charge in [0.25, 0.3) is 0 Å². The van der Waals surface area contributed by atoms with E-state index < -0.39 is 0 Å². The first kappa shape index (κ1) is 34.9. The summed E-state index contributed by atoms with van der Waals surface area (Å²) < 4.78 is 12.5. The smallest absolute Gasteiger partial charge is 0.0605 e. The van der Waals surface area contributed by atoms with Crippen molar-refractivity contribution in [2.45, 2.75) is 175 Å². The van der Waals surface area contributed by atoms with Crippen LogP contribution in [0.1, 0.15) is 163 Å². The van der Waals surface area contributed by atoms with Crippen molar-refractivity contribution in [3.05, 3.63) is 0 Å². The average Bonchev–Trinajstić information content (AvgIpc) is 2.85. The number of rotatable bonds is 21. The molecule has 2 rings (SSSR count). The summed E-state index contributed by atoms with van der Waals surface area (Å²) in [5.41, 5.74) is 0. The van der Waals surface area contributed by atoms with Crippen LogP contribution in [0.3, 0.4) is 0 Å². The molecule has 0 aromatic heterocycles. The van der Waals surface area contributed by atoms with Crippen LogP contribution in [0.4, 0.5) is 0 Å². The van der Waals surface area contributed by atoms with Gasteiger partial charge in [-0.05, 0) is 68.1 Å². The Morgan fingerprint density at radius 3 is 2.05 bits per heavy atom. The second kappa shape index (κ2) is 21.7. The summed E-state index contributed by atoms with van der Waals surface area (Å²) in [6.45, 7) is 13.9. The minimum Gasteiger partial charge on any atom is -0.412 e. The van der Waals surface area contributed by atoms with Crippen LogP contribution in [0.2, 0.25) is 0 Å². The van der Waals surface area contributed by atoms with E-state index in [-0.39, 0.29) is 5.48 Å². The fourth-order valence-electron chi connectivity index (χ4n) is 6.81. The topological polar surface area (TPSA) is 50.0 Å². The molecule has 1 heterocycles. The summed E-state index contributed by atoms with van der Waals surface area (Å²) >= 11 is 0. The van der Waals surface area contributed by atoms with Gasteiger partial charge in [-0.3, -0.25) is 0 Å². The van der Waals surface area contributed by atoms with Crippen molar-refractivity contribution >= 4 is 0 Å². The van der Waals surface area contributed by atoms with Crippen molar-refractivity contribution in [3.8, 4) is 0 Å². The van der Waals surface area contributed by atoms with Crippen LogP contribution < -0.4 is 0 Å². The minimum atomic E-state index is 0. The molecule has 2 N–H and O–H groups in total. The molecule has 1 aliphatic heterocycles. The molecule has 0 bridgehead atoms. The van der Waals surface area contributed by atoms with E-state index in [9.17, 15) is 0 Å². The molecule has 2 fully saturated rings. The van der Waals surface area contributed by atoms with Crippen LogP contribution in [0, 0.1) is 29.6 Å². The molecule has 3 nitrogen and oxygen atoms in total. The first-order valence-corrected chi connectivity index (χ1v) is 16.7. The van der Waals surface area contributed by atoms with Crippen molar-refractivity contribution in [1.29, 1.82) is 0 Å². The summed E-state index contributed by atoms with van der Waals surface area (Å²) in [5, 5.41) is 0. The number of unbranched alkanes of at least 4 members (excludes halogenated alkanes) is 6. The molecular weight excluding hydrogens is 456 g/mol. The number of hydrogen-bond donors (Lipinski definition) is 0. The first-order chi connectivity index (χ1) is 17.5. The second-order valence-electron chi connectivity index (χ2n) is 13.6. The van der Waals surface area contributed by atoms with Gasteiger partial charge in [0, 0.05) is 13.2 Å². The van der Waals surface area contributed by atoms with Crippen molar-refractivity contribution in [3.63, 3.8) is 0 Å². The molecule has 6 unspecified atom stereocenters. The Balaban J connectivity index is 0.00000684. The van der Waals surface area contributed by atoms with E-state index >= 15 is 0 Å². The fraction of sp³-hybridized carbons (Fsp3) is 1.00. The Morgan fingerprint density at radius 2 is 1.35 bits per heavy atom. The molecule has 2 aliphatic rings. The monoisotopic (exact) mass is 525 g/mol. The zero-order chi connectivity index (χ0) is 26.0. The van der Waals surface area contributed by atoms with Crippen LogP contribution in [0.15, 0.2) is 0 Å². The zero-order valence-corrected chi connectivity index (χ0v) is 25.9. The molecule has 0 aromatic rings. The van der Waals surface area contributed by atoms with Gasteiger partial charge in [-0.25, -0.2) is 0 Å². The maximum atomic E-state index is 6.33. The molecule has 0 radical (unpaired) electrons. The molecular formula is C34H68O3. The molecule has 0 amide bonds. The molecule has 1 saturated carbocycles. The minimum absolute atomic E-state index is 0. The third-order valence-corrected chi connectivity index (χ3v) is 9.33. The van der Waals surface area contributed by atoms with Gasteiger partial charge in [0.2, 0.25) is 0 Å². The van der Waals surface area contributed by atoms with Gasteiger partial charge in [0.05, 0.1) is 12.2 Å². The van der Waals surface area contributed by atoms with Gasteiger partial charge >= 0.3 is 0 Å². The third-order valence-electron chi connectivity index (χ3n) is 9.33. The molecule has 1 saturated heterocycles. The van der Waals surface area contributed by atoms with E-state index in [2.05, 4.69) is 34.6 Å². The first-order valence-electron chi connectivity index (χ1n) is 16.7. The molecule has 37 heavy (non-hydrogen) atoms. The van der Waals surface area contributed by atoms with Crippen molar-refractivity contribution in [1.82, 2.24) is 0 Å². The Labute approximate surface area is 232 Å². The lowest BCUT2D eigenvalue weighted by atomic mass is 9.76. The summed E-state index contributed by atoms with van der Waals surface area (Å²) in [4.78, 5) is 0. The van der Waals surface area contributed by atoms with Gasteiger partial charge in [0.1, 0.15) is 0 Å². The Hall–Kier alpha value is -0.120. The van der Waals surface area contributed by atoms with Crippen molar-refractivity contribution < 1.29 is 14.9 Å². The second-order valence-corrected chi connectivity index (χ2v) is 13.6. The van der Waals surface area contributed by atoms with E-state index in [0.717, 1.165) is 42.8 Å². The highest BCUT2D eigenvalue weighted by Crippen LogP contribution is 2.38. The van der Waals surface area contributed by atoms with Crippen molar-refractivity contribution in [2.24, 2.45) is 29.6 Å².